The minimum absolute atomic E-state index is 0.0287. The first-order chi connectivity index (χ1) is 8.48. The molecule has 1 N–H and O–H groups in total. The average molecular weight is 397 g/mol. The molecule has 1 amide bonds. The molecular weight excluding hydrogens is 378 g/mol. The molecule has 0 saturated heterocycles. The van der Waals surface area contributed by atoms with Gasteiger partial charge in [-0.05, 0) is 52.7 Å². The van der Waals surface area contributed by atoms with Crippen molar-refractivity contribution in [2.75, 3.05) is 11.9 Å². The van der Waals surface area contributed by atoms with Crippen LogP contribution in [-0.4, -0.2) is 17.8 Å². The third kappa shape index (κ3) is 3.81. The summed E-state index contributed by atoms with van der Waals surface area (Å²) in [5, 5.41) is 3.97. The number of carbonyl (C=O) groups is 1. The van der Waals surface area contributed by atoms with E-state index in [0.29, 0.717) is 0 Å². The molecule has 1 aromatic rings. The van der Waals surface area contributed by atoms with Crippen LogP contribution in [0.1, 0.15) is 41.9 Å². The predicted octanol–water partition coefficient (Wildman–Crippen LogP) is 4.75. The fourth-order valence-corrected chi connectivity index (χ4v) is 4.11. The van der Waals surface area contributed by atoms with Crippen molar-refractivity contribution < 1.29 is 4.79 Å². The Labute approximate surface area is 130 Å². The summed E-state index contributed by atoms with van der Waals surface area (Å²) >= 11 is 8.50. The molecule has 0 radical (unpaired) electrons. The van der Waals surface area contributed by atoms with Gasteiger partial charge in [0.25, 0.3) is 5.91 Å². The van der Waals surface area contributed by atoms with Crippen molar-refractivity contribution in [1.29, 1.82) is 0 Å². The highest BCUT2D eigenvalue weighted by Crippen LogP contribution is 2.29. The van der Waals surface area contributed by atoms with Crippen molar-refractivity contribution in [2.24, 2.45) is 5.41 Å². The van der Waals surface area contributed by atoms with E-state index in [2.05, 4.69) is 51.0 Å². The normalized spacial score (nSPS) is 11.6. The Balaban J connectivity index is 2.65. The summed E-state index contributed by atoms with van der Waals surface area (Å²) in [6.45, 7) is 7.06. The largest absolute Gasteiger partial charge is 0.351 e. The van der Waals surface area contributed by atoms with Crippen LogP contribution in [0.2, 0.25) is 0 Å². The molecule has 1 heterocycles. The number of rotatable bonds is 6. The van der Waals surface area contributed by atoms with E-state index in [1.165, 1.54) is 11.3 Å². The highest BCUT2D eigenvalue weighted by Gasteiger charge is 2.25. The van der Waals surface area contributed by atoms with Gasteiger partial charge < -0.3 is 5.32 Å². The van der Waals surface area contributed by atoms with Crippen LogP contribution >= 0.6 is 43.2 Å². The highest BCUT2D eigenvalue weighted by atomic mass is 79.9. The van der Waals surface area contributed by atoms with Crippen LogP contribution in [0.25, 0.3) is 0 Å². The second-order valence-corrected chi connectivity index (χ2v) is 7.52. The van der Waals surface area contributed by atoms with E-state index in [1.807, 2.05) is 13.0 Å². The minimum atomic E-state index is 0.0287. The van der Waals surface area contributed by atoms with Crippen LogP contribution < -0.4 is 5.32 Å². The van der Waals surface area contributed by atoms with Gasteiger partial charge in [-0.25, -0.2) is 0 Å². The maximum Gasteiger partial charge on any atom is 0.261 e. The van der Waals surface area contributed by atoms with Crippen LogP contribution in [0.15, 0.2) is 9.85 Å². The second-order valence-electron chi connectivity index (χ2n) is 4.59. The van der Waals surface area contributed by atoms with Gasteiger partial charge in [0.15, 0.2) is 0 Å². The van der Waals surface area contributed by atoms with Crippen LogP contribution in [0.3, 0.4) is 0 Å². The minimum Gasteiger partial charge on any atom is -0.351 e. The standard InChI is InChI=1S/C13H19Br2NOS/c1-4-13(5-2,7-14)8-16-12(17)10-6-9(3)11(15)18-10/h6H,4-5,7-8H2,1-3H3,(H,16,17). The molecule has 1 aromatic heterocycles. The zero-order valence-electron chi connectivity index (χ0n) is 11.0. The zero-order valence-corrected chi connectivity index (χ0v) is 15.0. The molecule has 102 valence electrons. The molecule has 18 heavy (non-hydrogen) atoms. The molecule has 0 spiro atoms. The van der Waals surface area contributed by atoms with Gasteiger partial charge in [0, 0.05) is 11.9 Å². The molecule has 1 rings (SSSR count). The van der Waals surface area contributed by atoms with Gasteiger partial charge in [-0.15, -0.1) is 11.3 Å². The first-order valence-corrected chi connectivity index (χ1v) is 8.81. The van der Waals surface area contributed by atoms with Crippen molar-refractivity contribution in [2.45, 2.75) is 33.6 Å². The van der Waals surface area contributed by atoms with Gasteiger partial charge in [0.05, 0.1) is 8.66 Å². The average Bonchev–Trinajstić information content (AvgIpc) is 2.72. The van der Waals surface area contributed by atoms with Gasteiger partial charge in [-0.2, -0.15) is 0 Å². The number of thiophene rings is 1. The summed E-state index contributed by atoms with van der Waals surface area (Å²) in [6, 6.07) is 1.93. The predicted molar refractivity (Wildman–Crippen MR) is 85.9 cm³/mol. The Morgan fingerprint density at radius 3 is 2.44 bits per heavy atom. The lowest BCUT2D eigenvalue weighted by molar-refractivity contribution is 0.0936. The van der Waals surface area contributed by atoms with Gasteiger partial charge in [0.2, 0.25) is 0 Å². The molecule has 0 fully saturated rings. The third-order valence-corrected chi connectivity index (χ3v) is 6.81. The maximum atomic E-state index is 12.1. The van der Waals surface area contributed by atoms with E-state index in [1.54, 1.807) is 0 Å². The second kappa shape index (κ2) is 7.06. The maximum absolute atomic E-state index is 12.1. The zero-order chi connectivity index (χ0) is 13.8. The molecule has 0 aliphatic heterocycles. The van der Waals surface area contributed by atoms with Crippen LogP contribution in [-0.2, 0) is 0 Å². The molecule has 0 aliphatic rings. The quantitative estimate of drug-likeness (QED) is 0.690. The van der Waals surface area contributed by atoms with E-state index in [9.17, 15) is 4.79 Å². The number of aryl methyl sites for hydroxylation is 1. The lowest BCUT2D eigenvalue weighted by Crippen LogP contribution is -2.37. The van der Waals surface area contributed by atoms with E-state index in [0.717, 1.165) is 38.9 Å². The number of carbonyl (C=O) groups excluding carboxylic acids is 1. The molecule has 5 heteroatoms. The number of halogens is 2. The Kier molecular flexibility index (Phi) is 6.35. The number of hydrogen-bond acceptors (Lipinski definition) is 2. The number of alkyl halides is 1. The SMILES string of the molecule is CCC(CC)(CBr)CNC(=O)c1cc(C)c(Br)s1. The van der Waals surface area contributed by atoms with Crippen molar-refractivity contribution in [1.82, 2.24) is 5.32 Å². The number of amides is 1. The molecule has 0 bridgehead atoms. The van der Waals surface area contributed by atoms with E-state index in [4.69, 9.17) is 0 Å². The molecule has 0 aromatic carbocycles. The van der Waals surface area contributed by atoms with Gasteiger partial charge in [0.1, 0.15) is 0 Å². The topological polar surface area (TPSA) is 29.1 Å². The molecule has 0 aliphatic carbocycles. The Bertz CT molecular complexity index is 385. The third-order valence-electron chi connectivity index (χ3n) is 3.49. The fraction of sp³-hybridized carbons (Fsp3) is 0.615. The first-order valence-electron chi connectivity index (χ1n) is 6.08. The summed E-state index contributed by atoms with van der Waals surface area (Å²) in [6.07, 6.45) is 2.12. The fourth-order valence-electron chi connectivity index (χ4n) is 1.66. The monoisotopic (exact) mass is 395 g/mol. The van der Waals surface area contributed by atoms with Crippen LogP contribution in [0.4, 0.5) is 0 Å². The first kappa shape index (κ1) is 16.2. The highest BCUT2D eigenvalue weighted by molar-refractivity contribution is 9.11. The lowest BCUT2D eigenvalue weighted by atomic mass is 9.84. The summed E-state index contributed by atoms with van der Waals surface area (Å²) in [5.41, 5.74) is 1.28. The number of nitrogens with one attached hydrogen (secondary N) is 1. The van der Waals surface area contributed by atoms with E-state index >= 15 is 0 Å². The van der Waals surface area contributed by atoms with Gasteiger partial charge in [-0.3, -0.25) is 4.79 Å². The van der Waals surface area contributed by atoms with Crippen molar-refractivity contribution in [3.05, 3.63) is 20.3 Å². The van der Waals surface area contributed by atoms with Gasteiger partial charge >= 0.3 is 0 Å². The van der Waals surface area contributed by atoms with E-state index < -0.39 is 0 Å². The molecule has 0 atom stereocenters. The van der Waals surface area contributed by atoms with Crippen molar-refractivity contribution in [3.63, 3.8) is 0 Å². The molecular formula is C13H19Br2NOS. The Hall–Kier alpha value is 0.130. The smallest absolute Gasteiger partial charge is 0.261 e. The van der Waals surface area contributed by atoms with Crippen molar-refractivity contribution >= 4 is 49.1 Å². The van der Waals surface area contributed by atoms with Gasteiger partial charge in [-0.1, -0.05) is 29.8 Å². The molecule has 0 unspecified atom stereocenters. The van der Waals surface area contributed by atoms with E-state index in [-0.39, 0.29) is 11.3 Å². The van der Waals surface area contributed by atoms with Crippen LogP contribution in [0.5, 0.6) is 0 Å². The Morgan fingerprint density at radius 2 is 2.06 bits per heavy atom. The summed E-state index contributed by atoms with van der Waals surface area (Å²) in [7, 11) is 0. The van der Waals surface area contributed by atoms with Crippen LogP contribution in [0, 0.1) is 12.3 Å². The lowest BCUT2D eigenvalue weighted by Gasteiger charge is -2.29. The summed E-state index contributed by atoms with van der Waals surface area (Å²) in [5.74, 6) is 0.0287. The molecule has 2 nitrogen and oxygen atoms in total. The molecule has 0 saturated carbocycles. The summed E-state index contributed by atoms with van der Waals surface area (Å²) in [4.78, 5) is 12.8. The summed E-state index contributed by atoms with van der Waals surface area (Å²) < 4.78 is 1.03. The number of hydrogen-bond donors (Lipinski definition) is 1. The van der Waals surface area contributed by atoms with Crippen molar-refractivity contribution in [3.8, 4) is 0 Å². The Morgan fingerprint density at radius 1 is 1.44 bits per heavy atom.